The van der Waals surface area contributed by atoms with Gasteiger partial charge in [0.15, 0.2) is 12.0 Å². The van der Waals surface area contributed by atoms with Gasteiger partial charge in [-0.2, -0.15) is 5.10 Å². The molecule has 1 atom stereocenters. The molecule has 0 aliphatic carbocycles. The number of H-pyrrole nitrogens is 1. The van der Waals surface area contributed by atoms with Gasteiger partial charge in [0, 0.05) is 0 Å². The molecule has 0 spiro atoms. The molecule has 5 nitrogen and oxygen atoms in total. The van der Waals surface area contributed by atoms with Gasteiger partial charge in [-0.3, -0.25) is 9.89 Å². The third-order valence-electron chi connectivity index (χ3n) is 1.25. The molecule has 66 valence electrons. The Labute approximate surface area is 67.6 Å². The van der Waals surface area contributed by atoms with Gasteiger partial charge in [-0.05, 0) is 6.92 Å². The zero-order valence-corrected chi connectivity index (χ0v) is 6.41. The molecule has 0 aliphatic heterocycles. The summed E-state index contributed by atoms with van der Waals surface area (Å²) in [5.41, 5.74) is 0. The van der Waals surface area contributed by atoms with E-state index in [2.05, 4.69) is 15.2 Å². The van der Waals surface area contributed by atoms with Gasteiger partial charge in [0.1, 0.15) is 5.82 Å². The predicted molar refractivity (Wildman–Crippen MR) is 37.2 cm³/mol. The first-order valence-corrected chi connectivity index (χ1v) is 3.34. The van der Waals surface area contributed by atoms with Crippen LogP contribution in [0, 0.1) is 6.92 Å². The fraction of sp³-hybridized carbons (Fsp3) is 0.500. The van der Waals surface area contributed by atoms with E-state index < -0.39 is 18.6 Å². The van der Waals surface area contributed by atoms with Crippen molar-refractivity contribution in [2.75, 3.05) is 0 Å². The number of nitrogens with one attached hydrogen (secondary N) is 1. The largest absolute Gasteiger partial charge is 0.481 e. The Bertz CT molecular complexity index is 286. The number of aromatic amines is 1. The van der Waals surface area contributed by atoms with Crippen molar-refractivity contribution in [2.45, 2.75) is 19.5 Å². The van der Waals surface area contributed by atoms with Crippen LogP contribution in [0.5, 0.6) is 0 Å². The second-order valence-corrected chi connectivity index (χ2v) is 2.34. The average molecular weight is 173 g/mol. The van der Waals surface area contributed by atoms with E-state index in [1.165, 1.54) is 0 Å². The van der Waals surface area contributed by atoms with Crippen molar-refractivity contribution >= 4 is 5.97 Å². The van der Waals surface area contributed by atoms with Gasteiger partial charge in [-0.25, -0.2) is 9.37 Å². The molecule has 1 aromatic heterocycles. The van der Waals surface area contributed by atoms with Gasteiger partial charge in [0.05, 0.1) is 6.42 Å². The van der Waals surface area contributed by atoms with Crippen molar-refractivity contribution in [1.82, 2.24) is 15.2 Å². The summed E-state index contributed by atoms with van der Waals surface area (Å²) in [6.45, 7) is 1.62. The summed E-state index contributed by atoms with van der Waals surface area (Å²) in [7, 11) is 0. The van der Waals surface area contributed by atoms with Gasteiger partial charge in [-0.1, -0.05) is 0 Å². The first kappa shape index (κ1) is 8.63. The SMILES string of the molecule is Cc1nc(C(F)CC(=O)O)n[nH]1. The Morgan fingerprint density at radius 2 is 2.50 bits per heavy atom. The molecule has 1 rings (SSSR count). The molecule has 2 N–H and O–H groups in total. The van der Waals surface area contributed by atoms with Gasteiger partial charge in [0.2, 0.25) is 0 Å². The van der Waals surface area contributed by atoms with Crippen molar-refractivity contribution in [1.29, 1.82) is 0 Å². The molecule has 6 heteroatoms. The number of aliphatic carboxylic acids is 1. The molecular weight excluding hydrogens is 165 g/mol. The first-order chi connectivity index (χ1) is 5.59. The topological polar surface area (TPSA) is 78.9 Å². The van der Waals surface area contributed by atoms with Gasteiger partial charge in [0.25, 0.3) is 0 Å². The Balaban J connectivity index is 2.64. The number of aromatic nitrogens is 3. The zero-order chi connectivity index (χ0) is 9.14. The third kappa shape index (κ3) is 2.01. The lowest BCUT2D eigenvalue weighted by molar-refractivity contribution is -0.138. The van der Waals surface area contributed by atoms with Crippen LogP contribution < -0.4 is 0 Å². The number of rotatable bonds is 3. The van der Waals surface area contributed by atoms with E-state index in [0.717, 1.165) is 0 Å². The molecule has 0 fully saturated rings. The van der Waals surface area contributed by atoms with Crippen molar-refractivity contribution < 1.29 is 14.3 Å². The summed E-state index contributed by atoms with van der Waals surface area (Å²) in [4.78, 5) is 13.7. The number of carboxylic acids is 1. The number of nitrogens with zero attached hydrogens (tertiary/aromatic N) is 2. The monoisotopic (exact) mass is 173 g/mol. The maximum Gasteiger partial charge on any atom is 0.306 e. The minimum atomic E-state index is -1.63. The number of alkyl halides is 1. The average Bonchev–Trinajstić information content (AvgIpc) is 2.34. The number of hydrogen-bond acceptors (Lipinski definition) is 3. The lowest BCUT2D eigenvalue weighted by Crippen LogP contribution is -2.03. The number of carboxylic acid groups (broad SMARTS) is 1. The highest BCUT2D eigenvalue weighted by Gasteiger charge is 2.17. The van der Waals surface area contributed by atoms with Crippen molar-refractivity contribution in [3.8, 4) is 0 Å². The summed E-state index contributed by atoms with van der Waals surface area (Å²) >= 11 is 0. The smallest absolute Gasteiger partial charge is 0.306 e. The molecule has 0 radical (unpaired) electrons. The van der Waals surface area contributed by atoms with Crippen LogP contribution in [0.25, 0.3) is 0 Å². The van der Waals surface area contributed by atoms with Crippen LogP contribution >= 0.6 is 0 Å². The quantitative estimate of drug-likeness (QED) is 0.701. The van der Waals surface area contributed by atoms with Crippen LogP contribution in [0.4, 0.5) is 4.39 Å². The van der Waals surface area contributed by atoms with Crippen molar-refractivity contribution in [3.05, 3.63) is 11.6 Å². The maximum absolute atomic E-state index is 12.9. The maximum atomic E-state index is 12.9. The Hall–Kier alpha value is -1.46. The third-order valence-corrected chi connectivity index (χ3v) is 1.25. The lowest BCUT2D eigenvalue weighted by atomic mass is 10.3. The lowest BCUT2D eigenvalue weighted by Gasteiger charge is -1.97. The van der Waals surface area contributed by atoms with Gasteiger partial charge >= 0.3 is 5.97 Å². The highest BCUT2D eigenvalue weighted by Crippen LogP contribution is 2.16. The van der Waals surface area contributed by atoms with E-state index in [0.29, 0.717) is 5.82 Å². The van der Waals surface area contributed by atoms with Gasteiger partial charge < -0.3 is 5.11 Å². The van der Waals surface area contributed by atoms with Gasteiger partial charge in [-0.15, -0.1) is 0 Å². The highest BCUT2D eigenvalue weighted by atomic mass is 19.1. The minimum absolute atomic E-state index is 0.102. The number of halogens is 1. The van der Waals surface area contributed by atoms with Crippen LogP contribution in [0.15, 0.2) is 0 Å². The summed E-state index contributed by atoms with van der Waals surface area (Å²) in [6.07, 6.45) is -2.23. The molecule has 1 aromatic rings. The molecule has 1 unspecified atom stereocenters. The molecule has 0 saturated carbocycles. The fourth-order valence-electron chi connectivity index (χ4n) is 0.745. The molecule has 0 aromatic carbocycles. The zero-order valence-electron chi connectivity index (χ0n) is 6.41. The van der Waals surface area contributed by atoms with Crippen LogP contribution in [-0.2, 0) is 4.79 Å². The number of carbonyl (C=O) groups is 1. The van der Waals surface area contributed by atoms with E-state index in [4.69, 9.17) is 5.11 Å². The molecular formula is C6H8FN3O2. The van der Waals surface area contributed by atoms with Crippen molar-refractivity contribution in [3.63, 3.8) is 0 Å². The predicted octanol–water partition coefficient (Wildman–Crippen LogP) is 0.598. The molecule has 0 amide bonds. The van der Waals surface area contributed by atoms with Crippen LogP contribution in [0.3, 0.4) is 0 Å². The number of aryl methyl sites for hydroxylation is 1. The molecule has 0 saturated heterocycles. The summed E-state index contributed by atoms with van der Waals surface area (Å²) in [6, 6.07) is 0. The Morgan fingerprint density at radius 3 is 2.92 bits per heavy atom. The standard InChI is InChI=1S/C6H8FN3O2/c1-3-8-6(10-9-3)4(7)2-5(11)12/h4H,2H2,1H3,(H,11,12)(H,8,9,10). The summed E-state index contributed by atoms with van der Waals surface area (Å²) in [5.74, 6) is -0.835. The summed E-state index contributed by atoms with van der Waals surface area (Å²) < 4.78 is 12.9. The van der Waals surface area contributed by atoms with E-state index in [9.17, 15) is 9.18 Å². The Morgan fingerprint density at radius 1 is 1.83 bits per heavy atom. The molecule has 0 bridgehead atoms. The molecule has 12 heavy (non-hydrogen) atoms. The minimum Gasteiger partial charge on any atom is -0.481 e. The fourth-order valence-corrected chi connectivity index (χ4v) is 0.745. The summed E-state index contributed by atoms with van der Waals surface area (Å²) in [5, 5.41) is 14.2. The number of hydrogen-bond donors (Lipinski definition) is 2. The van der Waals surface area contributed by atoms with Crippen LogP contribution in [0.1, 0.15) is 24.2 Å². The van der Waals surface area contributed by atoms with E-state index in [1.807, 2.05) is 0 Å². The normalized spacial score (nSPS) is 12.8. The first-order valence-electron chi connectivity index (χ1n) is 3.34. The van der Waals surface area contributed by atoms with Crippen LogP contribution in [-0.4, -0.2) is 26.3 Å². The van der Waals surface area contributed by atoms with Crippen LogP contribution in [0.2, 0.25) is 0 Å². The Kier molecular flexibility index (Phi) is 2.37. The molecule has 0 aliphatic rings. The highest BCUT2D eigenvalue weighted by molar-refractivity contribution is 5.67. The van der Waals surface area contributed by atoms with Crippen molar-refractivity contribution in [2.24, 2.45) is 0 Å². The second-order valence-electron chi connectivity index (χ2n) is 2.34. The van der Waals surface area contributed by atoms with E-state index in [1.54, 1.807) is 6.92 Å². The van der Waals surface area contributed by atoms with E-state index in [-0.39, 0.29) is 5.82 Å². The second kappa shape index (κ2) is 3.29. The molecule has 1 heterocycles. The van der Waals surface area contributed by atoms with E-state index >= 15 is 0 Å².